The normalized spacial score (nSPS) is 23.4. The molecule has 98 valence electrons. The smallest absolute Gasteiger partial charge is 0.308 e. The van der Waals surface area contributed by atoms with Crippen molar-refractivity contribution in [3.05, 3.63) is 17.0 Å². The first-order valence-corrected chi connectivity index (χ1v) is 6.80. The molecule has 1 aromatic heterocycles. The third-order valence-corrected chi connectivity index (χ3v) is 3.85. The molecule has 1 heterocycles. The molecule has 0 aromatic carbocycles. The molecule has 1 N–H and O–H groups in total. The number of rotatable bonds is 3. The Morgan fingerprint density at radius 3 is 2.78 bits per heavy atom. The van der Waals surface area contributed by atoms with Crippen molar-refractivity contribution in [3.63, 3.8) is 0 Å². The summed E-state index contributed by atoms with van der Waals surface area (Å²) in [5.41, 5.74) is 0. The molecule has 0 spiro atoms. The molecule has 0 unspecified atom stereocenters. The number of ether oxygens (including phenoxy) is 1. The lowest BCUT2D eigenvalue weighted by Crippen LogP contribution is -2.30. The Kier molecular flexibility index (Phi) is 4.52. The zero-order chi connectivity index (χ0) is 13.0. The van der Waals surface area contributed by atoms with Crippen molar-refractivity contribution in [2.24, 2.45) is 5.92 Å². The molecule has 6 heteroatoms. The molecule has 0 bridgehead atoms. The van der Waals surface area contributed by atoms with Crippen LogP contribution in [0.25, 0.3) is 0 Å². The van der Waals surface area contributed by atoms with Gasteiger partial charge in [0, 0.05) is 12.2 Å². The Hall–Kier alpha value is -1.17. The van der Waals surface area contributed by atoms with Gasteiger partial charge in [0.15, 0.2) is 0 Å². The minimum atomic E-state index is -0.0864. The van der Waals surface area contributed by atoms with Crippen LogP contribution < -0.4 is 5.32 Å². The van der Waals surface area contributed by atoms with Crippen molar-refractivity contribution in [3.8, 4) is 0 Å². The fourth-order valence-corrected chi connectivity index (χ4v) is 2.59. The number of nitrogens with one attached hydrogen (secondary N) is 1. The van der Waals surface area contributed by atoms with E-state index in [1.807, 2.05) is 0 Å². The Bertz CT molecular complexity index is 420. The number of anilines is 1. The summed E-state index contributed by atoms with van der Waals surface area (Å²) < 4.78 is 5.64. The number of carbonyl (C=O) groups excluding carboxylic acids is 1. The van der Waals surface area contributed by atoms with Gasteiger partial charge in [-0.1, -0.05) is 0 Å². The Labute approximate surface area is 114 Å². The number of methoxy groups -OCH3 is 1. The Balaban J connectivity index is 1.87. The van der Waals surface area contributed by atoms with Crippen molar-refractivity contribution in [2.75, 3.05) is 12.4 Å². The minimum absolute atomic E-state index is 0.0573. The van der Waals surface area contributed by atoms with E-state index in [9.17, 15) is 4.79 Å². The molecule has 1 aromatic rings. The highest BCUT2D eigenvalue weighted by atomic mass is 79.9. The SMILES string of the molecule is COC(=O)C1CCC(Nc2ncncc2Br)CC1. The van der Waals surface area contributed by atoms with Crippen LogP contribution in [0.15, 0.2) is 17.0 Å². The highest BCUT2D eigenvalue weighted by Gasteiger charge is 2.27. The number of hydrogen-bond donors (Lipinski definition) is 1. The molecule has 0 amide bonds. The topological polar surface area (TPSA) is 64.1 Å². The average molecular weight is 314 g/mol. The summed E-state index contributed by atoms with van der Waals surface area (Å²) in [6.45, 7) is 0. The molecule has 2 rings (SSSR count). The van der Waals surface area contributed by atoms with Gasteiger partial charge >= 0.3 is 5.97 Å². The fourth-order valence-electron chi connectivity index (χ4n) is 2.25. The summed E-state index contributed by atoms with van der Waals surface area (Å²) >= 11 is 3.41. The molecule has 0 aliphatic heterocycles. The summed E-state index contributed by atoms with van der Waals surface area (Å²) in [5.74, 6) is 0.782. The van der Waals surface area contributed by atoms with Crippen LogP contribution in [0.5, 0.6) is 0 Å². The highest BCUT2D eigenvalue weighted by Crippen LogP contribution is 2.28. The van der Waals surface area contributed by atoms with Crippen molar-refractivity contribution in [1.29, 1.82) is 0 Å². The van der Waals surface area contributed by atoms with E-state index in [-0.39, 0.29) is 11.9 Å². The van der Waals surface area contributed by atoms with Crippen LogP contribution in [0.4, 0.5) is 5.82 Å². The summed E-state index contributed by atoms with van der Waals surface area (Å²) in [5, 5.41) is 3.38. The summed E-state index contributed by atoms with van der Waals surface area (Å²) in [4.78, 5) is 19.5. The molecule has 0 saturated heterocycles. The van der Waals surface area contributed by atoms with Gasteiger partial charge in [-0.15, -0.1) is 0 Å². The predicted octanol–water partition coefficient (Wildman–Crippen LogP) is 2.38. The number of carbonyl (C=O) groups is 1. The first-order chi connectivity index (χ1) is 8.70. The molecule has 0 atom stereocenters. The monoisotopic (exact) mass is 313 g/mol. The second-order valence-electron chi connectivity index (χ2n) is 4.44. The first kappa shape index (κ1) is 13.3. The van der Waals surface area contributed by atoms with Gasteiger partial charge < -0.3 is 10.1 Å². The average Bonchev–Trinajstić information content (AvgIpc) is 2.41. The molecule has 1 aliphatic carbocycles. The standard InChI is InChI=1S/C12H16BrN3O2/c1-18-12(17)8-2-4-9(5-3-8)16-11-10(13)6-14-7-15-11/h6-9H,2-5H2,1H3,(H,14,15,16). The van der Waals surface area contributed by atoms with Crippen LogP contribution in [0, 0.1) is 5.92 Å². The molecule has 1 saturated carbocycles. The van der Waals surface area contributed by atoms with Gasteiger partial charge in [-0.2, -0.15) is 0 Å². The molecule has 1 aliphatic rings. The van der Waals surface area contributed by atoms with E-state index in [1.165, 1.54) is 13.4 Å². The van der Waals surface area contributed by atoms with Crippen LogP contribution in [-0.4, -0.2) is 29.1 Å². The summed E-state index contributed by atoms with van der Waals surface area (Å²) in [6.07, 6.45) is 6.88. The zero-order valence-corrected chi connectivity index (χ0v) is 11.8. The second kappa shape index (κ2) is 6.13. The van der Waals surface area contributed by atoms with E-state index in [4.69, 9.17) is 4.74 Å². The lowest BCUT2D eigenvalue weighted by molar-refractivity contribution is -0.146. The number of hydrogen-bond acceptors (Lipinski definition) is 5. The van der Waals surface area contributed by atoms with Crippen molar-refractivity contribution < 1.29 is 9.53 Å². The predicted molar refractivity (Wildman–Crippen MR) is 71.1 cm³/mol. The molecule has 1 fully saturated rings. The Morgan fingerprint density at radius 2 is 2.17 bits per heavy atom. The number of halogens is 1. The second-order valence-corrected chi connectivity index (χ2v) is 5.29. The maximum Gasteiger partial charge on any atom is 0.308 e. The lowest BCUT2D eigenvalue weighted by atomic mass is 9.86. The van der Waals surface area contributed by atoms with Gasteiger partial charge in [0.1, 0.15) is 12.1 Å². The first-order valence-electron chi connectivity index (χ1n) is 6.00. The number of esters is 1. The third kappa shape index (κ3) is 3.19. The van der Waals surface area contributed by atoms with Crippen LogP contribution in [0.3, 0.4) is 0 Å². The van der Waals surface area contributed by atoms with E-state index in [0.717, 1.165) is 36.0 Å². The molecular weight excluding hydrogens is 298 g/mol. The van der Waals surface area contributed by atoms with Crippen LogP contribution in [0.1, 0.15) is 25.7 Å². The van der Waals surface area contributed by atoms with Crippen molar-refractivity contribution in [2.45, 2.75) is 31.7 Å². The van der Waals surface area contributed by atoms with Gasteiger partial charge in [-0.25, -0.2) is 9.97 Å². The number of aromatic nitrogens is 2. The lowest BCUT2D eigenvalue weighted by Gasteiger charge is -2.28. The van der Waals surface area contributed by atoms with Gasteiger partial charge in [0.2, 0.25) is 0 Å². The van der Waals surface area contributed by atoms with E-state index >= 15 is 0 Å². The summed E-state index contributed by atoms with van der Waals surface area (Å²) in [7, 11) is 1.45. The van der Waals surface area contributed by atoms with Gasteiger partial charge in [-0.3, -0.25) is 4.79 Å². The van der Waals surface area contributed by atoms with E-state index in [0.29, 0.717) is 6.04 Å². The molecule has 18 heavy (non-hydrogen) atoms. The quantitative estimate of drug-likeness (QED) is 0.868. The molecule has 0 radical (unpaired) electrons. The van der Waals surface area contributed by atoms with Crippen LogP contribution >= 0.6 is 15.9 Å². The van der Waals surface area contributed by atoms with Crippen LogP contribution in [0.2, 0.25) is 0 Å². The van der Waals surface area contributed by atoms with E-state index in [2.05, 4.69) is 31.2 Å². The summed E-state index contributed by atoms with van der Waals surface area (Å²) in [6, 6.07) is 0.358. The van der Waals surface area contributed by atoms with Gasteiger partial charge in [0.25, 0.3) is 0 Å². The maximum atomic E-state index is 11.4. The van der Waals surface area contributed by atoms with Gasteiger partial charge in [-0.05, 0) is 41.6 Å². The maximum absolute atomic E-state index is 11.4. The largest absolute Gasteiger partial charge is 0.469 e. The van der Waals surface area contributed by atoms with Crippen LogP contribution in [-0.2, 0) is 9.53 Å². The van der Waals surface area contributed by atoms with E-state index < -0.39 is 0 Å². The molecule has 5 nitrogen and oxygen atoms in total. The zero-order valence-electron chi connectivity index (χ0n) is 10.2. The fraction of sp³-hybridized carbons (Fsp3) is 0.583. The third-order valence-electron chi connectivity index (χ3n) is 3.27. The minimum Gasteiger partial charge on any atom is -0.469 e. The Morgan fingerprint density at radius 1 is 1.44 bits per heavy atom. The highest BCUT2D eigenvalue weighted by molar-refractivity contribution is 9.10. The van der Waals surface area contributed by atoms with Gasteiger partial charge in [0.05, 0.1) is 17.5 Å². The number of nitrogens with zero attached hydrogens (tertiary/aromatic N) is 2. The van der Waals surface area contributed by atoms with Crippen molar-refractivity contribution >= 4 is 27.7 Å². The molecular formula is C12H16BrN3O2. The van der Waals surface area contributed by atoms with E-state index in [1.54, 1.807) is 6.20 Å². The van der Waals surface area contributed by atoms with Crippen molar-refractivity contribution in [1.82, 2.24) is 9.97 Å².